The van der Waals surface area contributed by atoms with Crippen molar-refractivity contribution in [2.75, 3.05) is 39.6 Å². The Balaban J connectivity index is 5.23. The molecule has 0 saturated carbocycles. The van der Waals surface area contributed by atoms with Gasteiger partial charge in [-0.3, -0.25) is 37.3 Å². The molecule has 0 aromatic heterocycles. The van der Waals surface area contributed by atoms with Crippen LogP contribution in [0.4, 0.5) is 0 Å². The zero-order valence-corrected chi connectivity index (χ0v) is 67.5. The van der Waals surface area contributed by atoms with Gasteiger partial charge in [-0.05, 0) is 43.4 Å². The van der Waals surface area contributed by atoms with E-state index in [4.69, 9.17) is 37.0 Å². The summed E-state index contributed by atoms with van der Waals surface area (Å²) in [6.07, 6.45) is 59.6. The smallest absolute Gasteiger partial charge is 0.462 e. The summed E-state index contributed by atoms with van der Waals surface area (Å²) in [4.78, 5) is 73.0. The second-order valence-electron chi connectivity index (χ2n) is 30.4. The van der Waals surface area contributed by atoms with Crippen LogP contribution in [0.25, 0.3) is 0 Å². The molecule has 0 radical (unpaired) electrons. The minimum Gasteiger partial charge on any atom is -0.462 e. The van der Waals surface area contributed by atoms with Crippen molar-refractivity contribution in [2.45, 2.75) is 439 Å². The van der Waals surface area contributed by atoms with Gasteiger partial charge in [0.05, 0.1) is 26.4 Å². The number of phosphoric acid groups is 2. The summed E-state index contributed by atoms with van der Waals surface area (Å²) in [5, 5.41) is 10.6. The number of unbranched alkanes of at least 4 members (excludes halogenated alkanes) is 46. The number of aliphatic hydroxyl groups is 1. The van der Waals surface area contributed by atoms with E-state index >= 15 is 0 Å². The van der Waals surface area contributed by atoms with Gasteiger partial charge in [-0.25, -0.2) is 9.13 Å². The van der Waals surface area contributed by atoms with Crippen molar-refractivity contribution in [1.29, 1.82) is 0 Å². The highest BCUT2D eigenvalue weighted by molar-refractivity contribution is 7.47. The number of rotatable bonds is 79. The zero-order valence-electron chi connectivity index (χ0n) is 65.7. The van der Waals surface area contributed by atoms with Crippen molar-refractivity contribution >= 4 is 39.5 Å². The Hall–Kier alpha value is -1.94. The monoisotopic (exact) mass is 1470 g/mol. The molecule has 0 aliphatic carbocycles. The molecule has 0 rings (SSSR count). The first-order valence-electron chi connectivity index (χ1n) is 41.9. The lowest BCUT2D eigenvalue weighted by molar-refractivity contribution is -0.161. The molecule has 100 heavy (non-hydrogen) atoms. The molecule has 0 aliphatic heterocycles. The van der Waals surface area contributed by atoms with Crippen molar-refractivity contribution in [1.82, 2.24) is 0 Å². The fourth-order valence-electron chi connectivity index (χ4n) is 12.5. The third-order valence-electron chi connectivity index (χ3n) is 19.2. The highest BCUT2D eigenvalue weighted by Crippen LogP contribution is 2.45. The zero-order chi connectivity index (χ0) is 73.7. The minimum absolute atomic E-state index is 0.105. The molecule has 0 aliphatic rings. The van der Waals surface area contributed by atoms with Crippen LogP contribution >= 0.6 is 15.6 Å². The molecule has 0 fully saturated rings. The molecule has 0 amide bonds. The van der Waals surface area contributed by atoms with E-state index in [1.165, 1.54) is 231 Å². The molecule has 0 aromatic rings. The van der Waals surface area contributed by atoms with Gasteiger partial charge >= 0.3 is 39.5 Å². The molecule has 19 heteroatoms. The maximum absolute atomic E-state index is 13.1. The topological polar surface area (TPSA) is 237 Å². The predicted molar refractivity (Wildman–Crippen MR) is 409 cm³/mol. The van der Waals surface area contributed by atoms with Gasteiger partial charge in [0.15, 0.2) is 12.2 Å². The fraction of sp³-hybridized carbons (Fsp3) is 0.951. The first-order valence-corrected chi connectivity index (χ1v) is 44.9. The van der Waals surface area contributed by atoms with E-state index in [2.05, 4.69) is 48.5 Å². The predicted octanol–water partition coefficient (Wildman–Crippen LogP) is 24.1. The van der Waals surface area contributed by atoms with Crippen LogP contribution in [0.15, 0.2) is 0 Å². The van der Waals surface area contributed by atoms with Gasteiger partial charge in [-0.1, -0.05) is 370 Å². The summed E-state index contributed by atoms with van der Waals surface area (Å²) >= 11 is 0. The van der Waals surface area contributed by atoms with Gasteiger partial charge in [0.1, 0.15) is 19.3 Å². The van der Waals surface area contributed by atoms with Crippen molar-refractivity contribution in [3.63, 3.8) is 0 Å². The second kappa shape index (κ2) is 71.3. The number of carbonyl (C=O) groups excluding carboxylic acids is 4. The number of carbonyl (C=O) groups is 4. The van der Waals surface area contributed by atoms with E-state index in [9.17, 15) is 43.2 Å². The molecular formula is C81H158O17P2. The highest BCUT2D eigenvalue weighted by Gasteiger charge is 2.30. The average Bonchev–Trinajstić information content (AvgIpc) is 0.912. The summed E-state index contributed by atoms with van der Waals surface area (Å²) in [5.41, 5.74) is 0. The highest BCUT2D eigenvalue weighted by atomic mass is 31.2. The summed E-state index contributed by atoms with van der Waals surface area (Å²) in [6, 6.07) is 0. The van der Waals surface area contributed by atoms with Gasteiger partial charge in [0.25, 0.3) is 0 Å². The maximum atomic E-state index is 13.1. The molecule has 0 heterocycles. The average molecular weight is 1470 g/mol. The molecule has 0 bridgehead atoms. The number of phosphoric ester groups is 2. The van der Waals surface area contributed by atoms with Crippen molar-refractivity contribution < 1.29 is 80.2 Å². The van der Waals surface area contributed by atoms with Crippen molar-refractivity contribution in [3.8, 4) is 0 Å². The lowest BCUT2D eigenvalue weighted by Gasteiger charge is -2.21. The van der Waals surface area contributed by atoms with E-state index in [0.717, 1.165) is 108 Å². The first kappa shape index (κ1) is 98.1. The number of ether oxygens (including phenoxy) is 4. The van der Waals surface area contributed by atoms with Crippen LogP contribution in [0.2, 0.25) is 0 Å². The van der Waals surface area contributed by atoms with Crippen molar-refractivity contribution in [2.24, 2.45) is 17.8 Å². The van der Waals surface area contributed by atoms with Gasteiger partial charge in [0.2, 0.25) is 0 Å². The Labute approximate surface area is 613 Å². The van der Waals surface area contributed by atoms with Gasteiger partial charge in [-0.15, -0.1) is 0 Å². The summed E-state index contributed by atoms with van der Waals surface area (Å²) in [6.45, 7) is 12.0. The van der Waals surface area contributed by atoms with Crippen LogP contribution in [0.1, 0.15) is 421 Å². The van der Waals surface area contributed by atoms with E-state index in [-0.39, 0.29) is 25.7 Å². The summed E-state index contributed by atoms with van der Waals surface area (Å²) in [5.74, 6) is 0.279. The molecule has 6 atom stereocenters. The van der Waals surface area contributed by atoms with Gasteiger partial charge in [-0.2, -0.15) is 0 Å². The van der Waals surface area contributed by atoms with E-state index in [1.54, 1.807) is 0 Å². The first-order chi connectivity index (χ1) is 48.3. The Kier molecular flexibility index (Phi) is 69.9. The van der Waals surface area contributed by atoms with Crippen LogP contribution < -0.4 is 0 Å². The third kappa shape index (κ3) is 73.0. The largest absolute Gasteiger partial charge is 0.472 e. The van der Waals surface area contributed by atoms with E-state index in [1.807, 2.05) is 0 Å². The fourth-order valence-corrected chi connectivity index (χ4v) is 14.0. The van der Waals surface area contributed by atoms with Crippen LogP contribution in [0.3, 0.4) is 0 Å². The van der Waals surface area contributed by atoms with Crippen LogP contribution in [-0.4, -0.2) is 96.7 Å². The molecule has 3 unspecified atom stereocenters. The van der Waals surface area contributed by atoms with Crippen LogP contribution in [0.5, 0.6) is 0 Å². The number of hydrogen-bond donors (Lipinski definition) is 3. The quantitative estimate of drug-likeness (QED) is 0.0222. The van der Waals surface area contributed by atoms with E-state index < -0.39 is 97.5 Å². The Morgan fingerprint density at radius 1 is 0.290 bits per heavy atom. The lowest BCUT2D eigenvalue weighted by Crippen LogP contribution is -2.30. The Bertz CT molecular complexity index is 1940. The maximum Gasteiger partial charge on any atom is 0.472 e. The lowest BCUT2D eigenvalue weighted by atomic mass is 9.99. The normalized spacial score (nSPS) is 14.2. The second-order valence-corrected chi connectivity index (χ2v) is 33.3. The standard InChI is InChI=1S/C81H158O17P2/c1-8-10-11-12-13-14-33-41-48-55-62-78(83)91-69-77(98-81(86)65-58-51-44-37-36-40-47-54-61-74(7)9-2)71-96-100(89,90)94-67-75(82)66-93-99(87,88)95-70-76(97-80(85)64-57-50-43-35-30-26-22-18-16-20-24-28-32-39-46-53-60-73(5)6)68-92-79(84)63-56-49-42-34-29-25-21-17-15-19-23-27-31-38-45-52-59-72(3)4/h72-77,82H,8-71H2,1-7H3,(H,87,88)(H,89,90)/t74?,75-,76-,77-/m1/s1. The molecule has 3 N–H and O–H groups in total. The SMILES string of the molecule is CCCCCCCCCCCCC(=O)OC[C@H](COP(=O)(O)OC[C@H](O)COP(=O)(O)OC[C@@H](COC(=O)CCCCCCCCCCCCCCCCCCC(C)C)OC(=O)CCCCCCCCCCCCCCCCCCC(C)C)OC(=O)CCCCCCCCCCC(C)CC. The third-order valence-corrected chi connectivity index (χ3v) is 21.1. The minimum atomic E-state index is -4.96. The van der Waals surface area contributed by atoms with Crippen LogP contribution in [-0.2, 0) is 65.4 Å². The summed E-state index contributed by atoms with van der Waals surface area (Å²) < 4.78 is 68.7. The Morgan fingerprint density at radius 3 is 0.760 bits per heavy atom. The number of hydrogen-bond acceptors (Lipinski definition) is 15. The molecule has 0 aromatic carbocycles. The Morgan fingerprint density at radius 2 is 0.510 bits per heavy atom. The molecule has 594 valence electrons. The van der Waals surface area contributed by atoms with Crippen LogP contribution in [0, 0.1) is 17.8 Å². The molecular weight excluding hydrogens is 1310 g/mol. The van der Waals surface area contributed by atoms with Crippen molar-refractivity contribution in [3.05, 3.63) is 0 Å². The molecule has 17 nitrogen and oxygen atoms in total. The van der Waals surface area contributed by atoms with Gasteiger partial charge < -0.3 is 33.8 Å². The summed E-state index contributed by atoms with van der Waals surface area (Å²) in [7, 11) is -9.92. The van der Waals surface area contributed by atoms with Gasteiger partial charge in [0, 0.05) is 25.7 Å². The van der Waals surface area contributed by atoms with E-state index in [0.29, 0.717) is 25.7 Å². The number of aliphatic hydroxyl groups excluding tert-OH is 1. The number of esters is 4. The molecule has 0 spiro atoms. The molecule has 0 saturated heterocycles.